The Morgan fingerprint density at radius 1 is 0.750 bits per heavy atom. The number of amides is 1. The van der Waals surface area contributed by atoms with Gasteiger partial charge in [0, 0.05) is 6.42 Å². The second-order valence-electron chi connectivity index (χ2n) is 9.24. The smallest absolute Gasteiger partial charge is 0.220 e. The number of nitrogens with one attached hydrogen (secondary N) is 1. The van der Waals surface area contributed by atoms with Crippen molar-refractivity contribution in [3.8, 4) is 0 Å². The van der Waals surface area contributed by atoms with Gasteiger partial charge in [0.2, 0.25) is 5.91 Å². The lowest BCUT2D eigenvalue weighted by atomic mass is 9.99. The standard InChI is InChI=1S/C27H53NO4/c1-3-5-7-9-11-13-15-17-19-21-25(30)27(32)24(23-29)28-26(31)22-20-18-16-14-12-10-8-6-4-2/h14,16,24-25,27,29-30,32H,3-13,15,17-23H2,1-2H3,(H,28,31)/b16-14-. The van der Waals surface area contributed by atoms with E-state index in [2.05, 4.69) is 31.3 Å². The van der Waals surface area contributed by atoms with Crippen LogP contribution in [0.4, 0.5) is 0 Å². The first-order valence-electron chi connectivity index (χ1n) is 13.5. The van der Waals surface area contributed by atoms with Crippen molar-refractivity contribution in [2.24, 2.45) is 0 Å². The number of hydrogen-bond acceptors (Lipinski definition) is 4. The Morgan fingerprint density at radius 3 is 1.81 bits per heavy atom. The summed E-state index contributed by atoms with van der Waals surface area (Å²) < 4.78 is 0. The summed E-state index contributed by atoms with van der Waals surface area (Å²) in [6, 6.07) is -0.815. The van der Waals surface area contributed by atoms with E-state index in [1.807, 2.05) is 0 Å². The van der Waals surface area contributed by atoms with E-state index in [1.54, 1.807) is 0 Å². The van der Waals surface area contributed by atoms with Crippen LogP contribution < -0.4 is 5.32 Å². The van der Waals surface area contributed by atoms with Crippen molar-refractivity contribution in [1.82, 2.24) is 5.32 Å². The van der Waals surface area contributed by atoms with E-state index in [-0.39, 0.29) is 12.5 Å². The molecule has 0 radical (unpaired) electrons. The molecule has 5 nitrogen and oxygen atoms in total. The summed E-state index contributed by atoms with van der Waals surface area (Å²) in [4.78, 5) is 12.1. The van der Waals surface area contributed by atoms with E-state index in [4.69, 9.17) is 0 Å². The normalized spacial score (nSPS) is 14.5. The largest absolute Gasteiger partial charge is 0.394 e. The van der Waals surface area contributed by atoms with Crippen LogP contribution in [-0.4, -0.2) is 46.1 Å². The van der Waals surface area contributed by atoms with Crippen molar-refractivity contribution in [3.05, 3.63) is 12.2 Å². The molecular weight excluding hydrogens is 402 g/mol. The Bertz CT molecular complexity index is 441. The summed E-state index contributed by atoms with van der Waals surface area (Å²) in [5.41, 5.74) is 0. The Hall–Kier alpha value is -0.910. The molecule has 190 valence electrons. The number of rotatable bonds is 23. The van der Waals surface area contributed by atoms with Gasteiger partial charge in [-0.2, -0.15) is 0 Å². The molecule has 32 heavy (non-hydrogen) atoms. The van der Waals surface area contributed by atoms with E-state index in [9.17, 15) is 20.1 Å². The van der Waals surface area contributed by atoms with E-state index >= 15 is 0 Å². The maximum atomic E-state index is 12.1. The maximum absolute atomic E-state index is 12.1. The minimum Gasteiger partial charge on any atom is -0.394 e. The molecule has 0 aromatic rings. The summed E-state index contributed by atoms with van der Waals surface area (Å²) >= 11 is 0. The molecule has 1 amide bonds. The van der Waals surface area contributed by atoms with E-state index in [0.29, 0.717) is 12.8 Å². The highest BCUT2D eigenvalue weighted by Gasteiger charge is 2.26. The van der Waals surface area contributed by atoms with Crippen molar-refractivity contribution in [2.75, 3.05) is 6.61 Å². The van der Waals surface area contributed by atoms with Crippen molar-refractivity contribution in [1.29, 1.82) is 0 Å². The molecule has 0 heterocycles. The number of unbranched alkanes of at least 4 members (excludes halogenated alkanes) is 13. The molecule has 0 saturated heterocycles. The number of carbonyl (C=O) groups is 1. The van der Waals surface area contributed by atoms with Crippen molar-refractivity contribution in [3.63, 3.8) is 0 Å². The van der Waals surface area contributed by atoms with E-state index in [1.165, 1.54) is 64.2 Å². The monoisotopic (exact) mass is 455 g/mol. The third kappa shape index (κ3) is 18.6. The van der Waals surface area contributed by atoms with Crippen molar-refractivity contribution >= 4 is 5.91 Å². The highest BCUT2D eigenvalue weighted by Crippen LogP contribution is 2.14. The lowest BCUT2D eigenvalue weighted by Crippen LogP contribution is -2.50. The first-order chi connectivity index (χ1) is 15.6. The van der Waals surface area contributed by atoms with Crippen LogP contribution in [0.5, 0.6) is 0 Å². The van der Waals surface area contributed by atoms with E-state index in [0.717, 1.165) is 38.5 Å². The van der Waals surface area contributed by atoms with E-state index < -0.39 is 18.2 Å². The molecule has 0 spiro atoms. The molecule has 4 N–H and O–H groups in total. The van der Waals surface area contributed by atoms with Gasteiger partial charge < -0.3 is 20.6 Å². The third-order valence-electron chi connectivity index (χ3n) is 6.12. The highest BCUT2D eigenvalue weighted by atomic mass is 16.3. The number of carbonyl (C=O) groups excluding carboxylic acids is 1. The Labute approximate surface area is 198 Å². The third-order valence-corrected chi connectivity index (χ3v) is 6.12. The molecule has 0 aliphatic heterocycles. The first-order valence-corrected chi connectivity index (χ1v) is 13.5. The summed E-state index contributed by atoms with van der Waals surface area (Å²) in [5, 5.41) is 32.8. The topological polar surface area (TPSA) is 89.8 Å². The van der Waals surface area contributed by atoms with Crippen LogP contribution in [0.1, 0.15) is 129 Å². The molecule has 0 saturated carbocycles. The minimum absolute atomic E-state index is 0.185. The van der Waals surface area contributed by atoms with Crippen LogP contribution in [-0.2, 0) is 4.79 Å². The number of hydrogen-bond donors (Lipinski definition) is 4. The second-order valence-corrected chi connectivity index (χ2v) is 9.24. The fourth-order valence-electron chi connectivity index (χ4n) is 3.93. The zero-order valence-electron chi connectivity index (χ0n) is 21.1. The molecular formula is C27H53NO4. The molecule has 0 bridgehead atoms. The van der Waals surface area contributed by atoms with Gasteiger partial charge in [-0.1, -0.05) is 103 Å². The van der Waals surface area contributed by atoms with Gasteiger partial charge in [0.15, 0.2) is 0 Å². The quantitative estimate of drug-likeness (QED) is 0.116. The lowest BCUT2D eigenvalue weighted by Gasteiger charge is -2.26. The molecule has 0 aromatic heterocycles. The number of aliphatic hydroxyl groups excluding tert-OH is 3. The zero-order chi connectivity index (χ0) is 23.9. The number of allylic oxidation sites excluding steroid dienone is 2. The number of aliphatic hydroxyl groups is 3. The summed E-state index contributed by atoms with van der Waals surface area (Å²) in [6.45, 7) is 4.06. The van der Waals surface area contributed by atoms with Gasteiger partial charge in [-0.3, -0.25) is 4.79 Å². The molecule has 0 aliphatic carbocycles. The predicted octanol–water partition coefficient (Wildman–Crippen LogP) is 5.80. The molecule has 0 rings (SSSR count). The fourth-order valence-corrected chi connectivity index (χ4v) is 3.93. The minimum atomic E-state index is -1.14. The fraction of sp³-hybridized carbons (Fsp3) is 0.889. The molecule has 0 aromatic carbocycles. The van der Waals surface area contributed by atoms with Crippen LogP contribution in [0, 0.1) is 0 Å². The molecule has 3 unspecified atom stereocenters. The zero-order valence-corrected chi connectivity index (χ0v) is 21.1. The second kappa shape index (κ2) is 23.3. The Morgan fingerprint density at radius 2 is 1.25 bits per heavy atom. The van der Waals surface area contributed by atoms with Crippen LogP contribution in [0.2, 0.25) is 0 Å². The average molecular weight is 456 g/mol. The molecule has 5 heteroatoms. The van der Waals surface area contributed by atoms with Crippen molar-refractivity contribution < 1.29 is 20.1 Å². The van der Waals surface area contributed by atoms with Gasteiger partial charge in [0.25, 0.3) is 0 Å². The summed E-state index contributed by atoms with van der Waals surface area (Å²) in [7, 11) is 0. The average Bonchev–Trinajstić information content (AvgIpc) is 2.79. The predicted molar refractivity (Wildman–Crippen MR) is 135 cm³/mol. The Kier molecular flexibility index (Phi) is 22.6. The van der Waals surface area contributed by atoms with Crippen LogP contribution in [0.3, 0.4) is 0 Å². The van der Waals surface area contributed by atoms with Gasteiger partial charge in [-0.25, -0.2) is 0 Å². The van der Waals surface area contributed by atoms with Gasteiger partial charge in [-0.15, -0.1) is 0 Å². The van der Waals surface area contributed by atoms with Crippen LogP contribution in [0.15, 0.2) is 12.2 Å². The SMILES string of the molecule is CCCCCC/C=C\CCCC(=O)NC(CO)C(O)C(O)CCCCCCCCCCC. The molecule has 3 atom stereocenters. The van der Waals surface area contributed by atoms with Crippen LogP contribution in [0.25, 0.3) is 0 Å². The van der Waals surface area contributed by atoms with Gasteiger partial charge in [-0.05, 0) is 32.1 Å². The highest BCUT2D eigenvalue weighted by molar-refractivity contribution is 5.76. The van der Waals surface area contributed by atoms with Crippen LogP contribution >= 0.6 is 0 Å². The lowest BCUT2D eigenvalue weighted by molar-refractivity contribution is -0.124. The first kappa shape index (κ1) is 31.1. The summed E-state index contributed by atoms with van der Waals surface area (Å²) in [5.74, 6) is -0.185. The van der Waals surface area contributed by atoms with Gasteiger partial charge in [0.05, 0.1) is 18.8 Å². The van der Waals surface area contributed by atoms with Gasteiger partial charge in [0.1, 0.15) is 6.10 Å². The molecule has 0 aliphatic rings. The Balaban J connectivity index is 3.88. The van der Waals surface area contributed by atoms with Crippen molar-refractivity contribution in [2.45, 2.75) is 148 Å². The summed E-state index contributed by atoms with van der Waals surface area (Å²) in [6.07, 6.45) is 21.6. The van der Waals surface area contributed by atoms with Gasteiger partial charge >= 0.3 is 0 Å². The molecule has 0 fully saturated rings. The maximum Gasteiger partial charge on any atom is 0.220 e.